The van der Waals surface area contributed by atoms with Crippen molar-refractivity contribution in [3.05, 3.63) is 29.8 Å². The number of amides is 2. The Hall–Kier alpha value is -1.71. The molecule has 1 saturated carbocycles. The Morgan fingerprint density at radius 3 is 2.79 bits per heavy atom. The van der Waals surface area contributed by atoms with E-state index in [4.69, 9.17) is 0 Å². The van der Waals surface area contributed by atoms with Crippen LogP contribution in [0, 0.1) is 0 Å². The van der Waals surface area contributed by atoms with Gasteiger partial charge >= 0.3 is 6.03 Å². The van der Waals surface area contributed by atoms with Crippen LogP contribution in [-0.2, 0) is 6.54 Å². The standard InChI is InChI=1S/C15H23N3O/c1-16-14-9-5-6-12(10-14)11-17-15(19)18-13-7-3-2-4-8-13/h5-6,9-10,13,16H,2-4,7-8,11H2,1H3,(H2,17,18,19). The van der Waals surface area contributed by atoms with E-state index in [9.17, 15) is 4.79 Å². The highest BCUT2D eigenvalue weighted by atomic mass is 16.2. The van der Waals surface area contributed by atoms with Gasteiger partial charge in [-0.05, 0) is 30.5 Å². The molecule has 1 aliphatic carbocycles. The molecule has 0 unspecified atom stereocenters. The molecule has 0 spiro atoms. The minimum Gasteiger partial charge on any atom is -0.388 e. The first-order valence-corrected chi connectivity index (χ1v) is 7.09. The monoisotopic (exact) mass is 261 g/mol. The fourth-order valence-corrected chi connectivity index (χ4v) is 2.50. The van der Waals surface area contributed by atoms with Crippen LogP contribution in [0.2, 0.25) is 0 Å². The van der Waals surface area contributed by atoms with Gasteiger partial charge in [-0.2, -0.15) is 0 Å². The van der Waals surface area contributed by atoms with Gasteiger partial charge in [-0.1, -0.05) is 31.4 Å². The summed E-state index contributed by atoms with van der Waals surface area (Å²) in [5.41, 5.74) is 2.16. The molecule has 0 heterocycles. The number of carbonyl (C=O) groups is 1. The molecule has 1 aromatic carbocycles. The molecule has 0 aromatic heterocycles. The van der Waals surface area contributed by atoms with Gasteiger partial charge in [0.15, 0.2) is 0 Å². The third-order valence-corrected chi connectivity index (χ3v) is 3.61. The van der Waals surface area contributed by atoms with E-state index >= 15 is 0 Å². The van der Waals surface area contributed by atoms with E-state index in [0.717, 1.165) is 24.1 Å². The molecule has 1 fully saturated rings. The zero-order chi connectivity index (χ0) is 13.5. The minimum absolute atomic E-state index is 0.0539. The van der Waals surface area contributed by atoms with Crippen LogP contribution in [0.3, 0.4) is 0 Å². The first-order valence-electron chi connectivity index (χ1n) is 7.09. The highest BCUT2D eigenvalue weighted by Crippen LogP contribution is 2.17. The van der Waals surface area contributed by atoms with Crippen LogP contribution >= 0.6 is 0 Å². The molecule has 4 heteroatoms. The van der Waals surface area contributed by atoms with Crippen LogP contribution in [0.5, 0.6) is 0 Å². The van der Waals surface area contributed by atoms with Crippen LogP contribution in [0.1, 0.15) is 37.7 Å². The van der Waals surface area contributed by atoms with Gasteiger partial charge in [-0.3, -0.25) is 0 Å². The van der Waals surface area contributed by atoms with E-state index in [1.165, 1.54) is 19.3 Å². The molecular formula is C15H23N3O. The van der Waals surface area contributed by atoms with Gasteiger partial charge in [0.25, 0.3) is 0 Å². The summed E-state index contributed by atoms with van der Waals surface area (Å²) in [6.45, 7) is 0.564. The lowest BCUT2D eigenvalue weighted by Gasteiger charge is -2.22. The second kappa shape index (κ2) is 7.02. The quantitative estimate of drug-likeness (QED) is 0.780. The molecule has 0 aliphatic heterocycles. The van der Waals surface area contributed by atoms with Crippen molar-refractivity contribution in [1.29, 1.82) is 0 Å². The molecule has 104 valence electrons. The van der Waals surface area contributed by atoms with Crippen molar-refractivity contribution < 1.29 is 4.79 Å². The molecule has 0 saturated heterocycles. The average Bonchev–Trinajstić information content (AvgIpc) is 2.46. The van der Waals surface area contributed by atoms with Gasteiger partial charge in [0.1, 0.15) is 0 Å². The number of hydrogen-bond donors (Lipinski definition) is 3. The maximum atomic E-state index is 11.8. The van der Waals surface area contributed by atoms with Crippen molar-refractivity contribution in [2.75, 3.05) is 12.4 Å². The van der Waals surface area contributed by atoms with Crippen molar-refractivity contribution in [3.63, 3.8) is 0 Å². The van der Waals surface area contributed by atoms with Gasteiger partial charge in [0.05, 0.1) is 0 Å². The summed E-state index contributed by atoms with van der Waals surface area (Å²) in [4.78, 5) is 11.8. The normalized spacial score (nSPS) is 15.8. The fraction of sp³-hybridized carbons (Fsp3) is 0.533. The molecule has 0 atom stereocenters. The van der Waals surface area contributed by atoms with E-state index in [1.54, 1.807) is 0 Å². The second-order valence-electron chi connectivity index (χ2n) is 5.11. The Labute approximate surface area is 115 Å². The van der Waals surface area contributed by atoms with Crippen molar-refractivity contribution in [1.82, 2.24) is 10.6 Å². The summed E-state index contributed by atoms with van der Waals surface area (Å²) >= 11 is 0. The fourth-order valence-electron chi connectivity index (χ4n) is 2.50. The third-order valence-electron chi connectivity index (χ3n) is 3.61. The Bertz CT molecular complexity index is 414. The summed E-state index contributed by atoms with van der Waals surface area (Å²) < 4.78 is 0. The lowest BCUT2D eigenvalue weighted by atomic mass is 9.96. The van der Waals surface area contributed by atoms with E-state index in [0.29, 0.717) is 12.6 Å². The molecule has 2 amide bonds. The summed E-state index contributed by atoms with van der Waals surface area (Å²) in [5, 5.41) is 9.06. The van der Waals surface area contributed by atoms with Crippen LogP contribution in [0.15, 0.2) is 24.3 Å². The molecule has 0 radical (unpaired) electrons. The maximum absolute atomic E-state index is 11.8. The maximum Gasteiger partial charge on any atom is 0.315 e. The van der Waals surface area contributed by atoms with Gasteiger partial charge in [-0.15, -0.1) is 0 Å². The summed E-state index contributed by atoms with van der Waals surface area (Å²) in [5.74, 6) is 0. The molecular weight excluding hydrogens is 238 g/mol. The van der Waals surface area contributed by atoms with E-state index in [1.807, 2.05) is 31.3 Å². The number of urea groups is 1. The molecule has 0 bridgehead atoms. The first kappa shape index (κ1) is 13.7. The number of nitrogens with one attached hydrogen (secondary N) is 3. The lowest BCUT2D eigenvalue weighted by Crippen LogP contribution is -2.42. The van der Waals surface area contributed by atoms with Crippen LogP contribution < -0.4 is 16.0 Å². The van der Waals surface area contributed by atoms with E-state index in [2.05, 4.69) is 16.0 Å². The average molecular weight is 261 g/mol. The first-order chi connectivity index (χ1) is 9.28. The highest BCUT2D eigenvalue weighted by Gasteiger charge is 2.15. The Morgan fingerprint density at radius 1 is 1.26 bits per heavy atom. The molecule has 19 heavy (non-hydrogen) atoms. The number of carbonyl (C=O) groups excluding carboxylic acids is 1. The van der Waals surface area contributed by atoms with E-state index in [-0.39, 0.29) is 6.03 Å². The summed E-state index contributed by atoms with van der Waals surface area (Å²) in [6, 6.07) is 8.36. The lowest BCUT2D eigenvalue weighted by molar-refractivity contribution is 0.232. The number of hydrogen-bond acceptors (Lipinski definition) is 2. The third kappa shape index (κ3) is 4.47. The predicted molar refractivity (Wildman–Crippen MR) is 78.2 cm³/mol. The van der Waals surface area contributed by atoms with Crippen LogP contribution in [0.4, 0.5) is 10.5 Å². The largest absolute Gasteiger partial charge is 0.388 e. The summed E-state index contributed by atoms with van der Waals surface area (Å²) in [6.07, 6.45) is 5.99. The smallest absolute Gasteiger partial charge is 0.315 e. The number of rotatable bonds is 4. The predicted octanol–water partition coefficient (Wildman–Crippen LogP) is 2.86. The van der Waals surface area contributed by atoms with Gasteiger partial charge in [0, 0.05) is 25.3 Å². The van der Waals surface area contributed by atoms with Gasteiger partial charge in [0.2, 0.25) is 0 Å². The SMILES string of the molecule is CNc1cccc(CNC(=O)NC2CCCCC2)c1. The molecule has 1 aliphatic rings. The zero-order valence-electron chi connectivity index (χ0n) is 11.5. The van der Waals surface area contributed by atoms with Crippen LogP contribution in [0.25, 0.3) is 0 Å². The second-order valence-corrected chi connectivity index (χ2v) is 5.11. The molecule has 3 N–H and O–H groups in total. The van der Waals surface area contributed by atoms with Gasteiger partial charge < -0.3 is 16.0 Å². The molecule has 1 aromatic rings. The van der Waals surface area contributed by atoms with Gasteiger partial charge in [-0.25, -0.2) is 4.79 Å². The Balaban J connectivity index is 1.76. The minimum atomic E-state index is -0.0539. The Morgan fingerprint density at radius 2 is 2.05 bits per heavy atom. The van der Waals surface area contributed by atoms with Crippen molar-refractivity contribution >= 4 is 11.7 Å². The topological polar surface area (TPSA) is 53.2 Å². The highest BCUT2D eigenvalue weighted by molar-refractivity contribution is 5.74. The number of anilines is 1. The Kier molecular flexibility index (Phi) is 5.07. The van der Waals surface area contributed by atoms with Crippen molar-refractivity contribution in [2.24, 2.45) is 0 Å². The molecule has 2 rings (SSSR count). The van der Waals surface area contributed by atoms with Crippen molar-refractivity contribution in [3.8, 4) is 0 Å². The van der Waals surface area contributed by atoms with E-state index < -0.39 is 0 Å². The zero-order valence-corrected chi connectivity index (χ0v) is 11.5. The molecule has 4 nitrogen and oxygen atoms in total. The van der Waals surface area contributed by atoms with Crippen LogP contribution in [-0.4, -0.2) is 19.1 Å². The number of benzene rings is 1. The summed E-state index contributed by atoms with van der Waals surface area (Å²) in [7, 11) is 1.89. The van der Waals surface area contributed by atoms with Crippen molar-refractivity contribution in [2.45, 2.75) is 44.7 Å².